The maximum Gasteiger partial charge on any atom is 0.340 e. The number of carbonyl (C=O) groups is 2. The van der Waals surface area contributed by atoms with Gasteiger partial charge in [-0.1, -0.05) is 0 Å². The summed E-state index contributed by atoms with van der Waals surface area (Å²) < 4.78 is 11.7. The van der Waals surface area contributed by atoms with Crippen LogP contribution in [-0.2, 0) is 16.6 Å². The van der Waals surface area contributed by atoms with Crippen LogP contribution in [0.1, 0.15) is 21.8 Å². The molecule has 1 aliphatic rings. The Bertz CT molecular complexity index is 817. The van der Waals surface area contributed by atoms with Gasteiger partial charge in [-0.3, -0.25) is 9.48 Å². The Morgan fingerprint density at radius 3 is 2.77 bits per heavy atom. The van der Waals surface area contributed by atoms with E-state index in [4.69, 9.17) is 9.47 Å². The number of anilines is 1. The number of nitrogens with one attached hydrogen (secondary N) is 2. The fourth-order valence-corrected chi connectivity index (χ4v) is 3.20. The molecule has 138 valence electrons. The molecule has 1 fully saturated rings. The van der Waals surface area contributed by atoms with E-state index in [1.54, 1.807) is 29.1 Å². The highest BCUT2D eigenvalue weighted by atomic mass is 16.5. The van der Waals surface area contributed by atoms with Crippen molar-refractivity contribution in [2.75, 3.05) is 32.6 Å². The van der Waals surface area contributed by atoms with Gasteiger partial charge in [-0.2, -0.15) is 5.10 Å². The maximum atomic E-state index is 12.9. The number of aromatic nitrogens is 2. The fourth-order valence-electron chi connectivity index (χ4n) is 3.20. The van der Waals surface area contributed by atoms with Gasteiger partial charge in [0, 0.05) is 32.3 Å². The summed E-state index contributed by atoms with van der Waals surface area (Å²) in [5.74, 6) is -0.402. The third-order valence-electron chi connectivity index (χ3n) is 4.59. The number of hydrogen-bond acceptors (Lipinski definition) is 6. The average Bonchev–Trinajstić information content (AvgIpc) is 3.30. The molecule has 0 spiro atoms. The van der Waals surface area contributed by atoms with Crippen molar-refractivity contribution in [2.45, 2.75) is 5.92 Å². The molecule has 2 heterocycles. The highest BCUT2D eigenvalue weighted by Gasteiger charge is 2.35. The number of methoxy groups -OCH3 is 2. The molecule has 0 saturated carbocycles. The lowest BCUT2D eigenvalue weighted by molar-refractivity contribution is -0.119. The van der Waals surface area contributed by atoms with Crippen LogP contribution in [0.5, 0.6) is 5.75 Å². The van der Waals surface area contributed by atoms with Gasteiger partial charge in [0.05, 0.1) is 37.6 Å². The number of amides is 1. The Hall–Kier alpha value is -2.87. The van der Waals surface area contributed by atoms with Crippen molar-refractivity contribution in [2.24, 2.45) is 13.0 Å². The van der Waals surface area contributed by atoms with Gasteiger partial charge < -0.3 is 20.1 Å². The monoisotopic (exact) mass is 358 g/mol. The van der Waals surface area contributed by atoms with E-state index in [1.807, 2.05) is 13.2 Å². The number of esters is 1. The minimum absolute atomic E-state index is 0.0310. The van der Waals surface area contributed by atoms with E-state index >= 15 is 0 Å². The van der Waals surface area contributed by atoms with Gasteiger partial charge in [-0.15, -0.1) is 0 Å². The first kappa shape index (κ1) is 17.9. The smallest absolute Gasteiger partial charge is 0.340 e. The SMILES string of the molecule is COC(=O)c1cc(OC)ccc1NC(=O)[C@H]1CNC[C@@H]1c1cnn(C)c1. The molecule has 1 aliphatic heterocycles. The minimum atomic E-state index is -0.535. The normalized spacial score (nSPS) is 19.2. The van der Waals surface area contributed by atoms with Crippen molar-refractivity contribution in [1.82, 2.24) is 15.1 Å². The van der Waals surface area contributed by atoms with Crippen molar-refractivity contribution in [3.8, 4) is 5.75 Å². The molecule has 0 bridgehead atoms. The molecule has 8 nitrogen and oxygen atoms in total. The van der Waals surface area contributed by atoms with Crippen LogP contribution in [0.25, 0.3) is 0 Å². The molecule has 26 heavy (non-hydrogen) atoms. The molecule has 0 radical (unpaired) electrons. The largest absolute Gasteiger partial charge is 0.497 e. The molecule has 1 amide bonds. The molecule has 3 rings (SSSR count). The Labute approximate surface area is 151 Å². The van der Waals surface area contributed by atoms with E-state index in [1.165, 1.54) is 14.2 Å². The molecule has 2 N–H and O–H groups in total. The summed E-state index contributed by atoms with van der Waals surface area (Å²) in [6.45, 7) is 1.27. The van der Waals surface area contributed by atoms with E-state index < -0.39 is 5.97 Å². The summed E-state index contributed by atoms with van der Waals surface area (Å²) in [5.41, 5.74) is 1.67. The van der Waals surface area contributed by atoms with Gasteiger partial charge in [0.2, 0.25) is 5.91 Å². The summed E-state index contributed by atoms with van der Waals surface area (Å²) in [6, 6.07) is 4.88. The van der Waals surface area contributed by atoms with Crippen molar-refractivity contribution < 1.29 is 19.1 Å². The number of aryl methyl sites for hydroxylation is 1. The van der Waals surface area contributed by atoms with Crippen LogP contribution in [0.3, 0.4) is 0 Å². The van der Waals surface area contributed by atoms with Crippen molar-refractivity contribution in [1.29, 1.82) is 0 Å². The Kier molecular flexibility index (Phi) is 5.22. The average molecular weight is 358 g/mol. The maximum absolute atomic E-state index is 12.9. The lowest BCUT2D eigenvalue weighted by atomic mass is 9.90. The minimum Gasteiger partial charge on any atom is -0.497 e. The second-order valence-corrected chi connectivity index (χ2v) is 6.21. The third-order valence-corrected chi connectivity index (χ3v) is 4.59. The van der Waals surface area contributed by atoms with Crippen molar-refractivity contribution >= 4 is 17.6 Å². The molecule has 2 aromatic rings. The van der Waals surface area contributed by atoms with Gasteiger partial charge in [0.25, 0.3) is 0 Å². The zero-order valence-corrected chi connectivity index (χ0v) is 15.0. The van der Waals surface area contributed by atoms with Gasteiger partial charge >= 0.3 is 5.97 Å². The molecule has 1 aromatic heterocycles. The summed E-state index contributed by atoms with van der Waals surface area (Å²) in [5, 5.41) is 10.3. The highest BCUT2D eigenvalue weighted by Crippen LogP contribution is 2.30. The zero-order valence-electron chi connectivity index (χ0n) is 15.0. The van der Waals surface area contributed by atoms with E-state index in [2.05, 4.69) is 15.7 Å². The molecular formula is C18H22N4O4. The second kappa shape index (κ2) is 7.57. The molecule has 0 unspecified atom stereocenters. The zero-order chi connectivity index (χ0) is 18.7. The topological polar surface area (TPSA) is 94.5 Å². The predicted molar refractivity (Wildman–Crippen MR) is 95.3 cm³/mol. The lowest BCUT2D eigenvalue weighted by Crippen LogP contribution is -2.28. The first-order chi connectivity index (χ1) is 12.5. The summed E-state index contributed by atoms with van der Waals surface area (Å²) in [7, 11) is 4.66. The number of benzene rings is 1. The molecule has 0 aliphatic carbocycles. The third kappa shape index (κ3) is 3.55. The Balaban J connectivity index is 1.82. The van der Waals surface area contributed by atoms with Crippen LogP contribution < -0.4 is 15.4 Å². The first-order valence-corrected chi connectivity index (χ1v) is 8.30. The van der Waals surface area contributed by atoms with Crippen LogP contribution in [0.4, 0.5) is 5.69 Å². The number of ether oxygens (including phenoxy) is 2. The van der Waals surface area contributed by atoms with Crippen LogP contribution in [0.2, 0.25) is 0 Å². The van der Waals surface area contributed by atoms with Crippen LogP contribution in [0.15, 0.2) is 30.6 Å². The van der Waals surface area contributed by atoms with Crippen molar-refractivity contribution in [3.63, 3.8) is 0 Å². The molecular weight excluding hydrogens is 336 g/mol. The molecule has 8 heteroatoms. The van der Waals surface area contributed by atoms with Gasteiger partial charge in [0.1, 0.15) is 5.75 Å². The Morgan fingerprint density at radius 1 is 1.31 bits per heavy atom. The molecule has 1 aromatic carbocycles. The van der Waals surface area contributed by atoms with Gasteiger partial charge in [-0.05, 0) is 23.8 Å². The number of carbonyl (C=O) groups excluding carboxylic acids is 2. The summed E-state index contributed by atoms with van der Waals surface area (Å²) >= 11 is 0. The van der Waals surface area contributed by atoms with E-state index in [-0.39, 0.29) is 23.3 Å². The predicted octanol–water partition coefficient (Wildman–Crippen LogP) is 1.16. The number of nitrogens with zero attached hydrogens (tertiary/aromatic N) is 2. The van der Waals surface area contributed by atoms with Crippen molar-refractivity contribution in [3.05, 3.63) is 41.7 Å². The van der Waals surface area contributed by atoms with Gasteiger partial charge in [0.15, 0.2) is 0 Å². The number of hydrogen-bond donors (Lipinski definition) is 2. The Morgan fingerprint density at radius 2 is 2.12 bits per heavy atom. The summed E-state index contributed by atoms with van der Waals surface area (Å²) in [6.07, 6.45) is 3.70. The van der Waals surface area contributed by atoms with Crippen LogP contribution in [-0.4, -0.2) is 49.0 Å². The summed E-state index contributed by atoms with van der Waals surface area (Å²) in [4.78, 5) is 24.9. The molecule has 2 atom stereocenters. The second-order valence-electron chi connectivity index (χ2n) is 6.21. The quantitative estimate of drug-likeness (QED) is 0.779. The van der Waals surface area contributed by atoms with E-state index in [0.29, 0.717) is 24.5 Å². The van der Waals surface area contributed by atoms with Crippen LogP contribution in [0, 0.1) is 5.92 Å². The molecule has 1 saturated heterocycles. The van der Waals surface area contributed by atoms with E-state index in [9.17, 15) is 9.59 Å². The lowest BCUT2D eigenvalue weighted by Gasteiger charge is -2.18. The number of rotatable bonds is 5. The fraction of sp³-hybridized carbons (Fsp3) is 0.389. The van der Waals surface area contributed by atoms with E-state index in [0.717, 1.165) is 5.56 Å². The highest BCUT2D eigenvalue weighted by molar-refractivity contribution is 6.02. The van der Waals surface area contributed by atoms with Gasteiger partial charge in [-0.25, -0.2) is 4.79 Å². The van der Waals surface area contributed by atoms with Crippen LogP contribution >= 0.6 is 0 Å². The first-order valence-electron chi connectivity index (χ1n) is 8.30. The standard InChI is InChI=1S/C18H22N4O4/c1-22-10-11(7-20-22)14-8-19-9-15(14)17(23)21-16-5-4-12(25-2)6-13(16)18(24)26-3/h4-7,10,14-15,19H,8-9H2,1-3H3,(H,21,23)/t14-,15+/m1/s1.